The SMILES string of the molecule is CC1CCC([NH+](C)Cc2nc3ccc(Cl)cc3n2CCO)CC1. The molecule has 1 atom stereocenters. The van der Waals surface area contributed by atoms with E-state index in [1.54, 1.807) is 0 Å². The highest BCUT2D eigenvalue weighted by Crippen LogP contribution is 2.23. The van der Waals surface area contributed by atoms with Crippen molar-refractivity contribution in [1.29, 1.82) is 0 Å². The fraction of sp³-hybridized carbons (Fsp3) is 0.611. The lowest BCUT2D eigenvalue weighted by Gasteiger charge is -2.30. The van der Waals surface area contributed by atoms with Gasteiger partial charge in [-0.15, -0.1) is 0 Å². The number of halogens is 1. The van der Waals surface area contributed by atoms with Crippen LogP contribution in [0.4, 0.5) is 0 Å². The molecular formula is C18H27ClN3O+. The molecule has 1 aromatic carbocycles. The summed E-state index contributed by atoms with van der Waals surface area (Å²) < 4.78 is 2.12. The van der Waals surface area contributed by atoms with E-state index in [4.69, 9.17) is 16.6 Å². The van der Waals surface area contributed by atoms with Crippen molar-refractivity contribution in [1.82, 2.24) is 9.55 Å². The summed E-state index contributed by atoms with van der Waals surface area (Å²) in [6.45, 7) is 3.94. The molecule has 0 radical (unpaired) electrons. The van der Waals surface area contributed by atoms with Crippen molar-refractivity contribution in [2.24, 2.45) is 5.92 Å². The normalized spacial score (nSPS) is 23.3. The smallest absolute Gasteiger partial charge is 0.165 e. The van der Waals surface area contributed by atoms with Gasteiger partial charge in [0.15, 0.2) is 5.82 Å². The Kier molecular flexibility index (Phi) is 5.24. The van der Waals surface area contributed by atoms with Crippen LogP contribution < -0.4 is 4.90 Å². The zero-order valence-corrected chi connectivity index (χ0v) is 14.8. The van der Waals surface area contributed by atoms with Gasteiger partial charge < -0.3 is 14.6 Å². The van der Waals surface area contributed by atoms with E-state index in [0.717, 1.165) is 35.4 Å². The topological polar surface area (TPSA) is 42.5 Å². The molecule has 1 unspecified atom stereocenters. The molecule has 1 heterocycles. The summed E-state index contributed by atoms with van der Waals surface area (Å²) in [6.07, 6.45) is 5.29. The molecule has 3 rings (SSSR count). The van der Waals surface area contributed by atoms with Crippen LogP contribution in [0.2, 0.25) is 5.02 Å². The van der Waals surface area contributed by atoms with Crippen LogP contribution in [0.25, 0.3) is 11.0 Å². The van der Waals surface area contributed by atoms with Gasteiger partial charge >= 0.3 is 0 Å². The Hall–Kier alpha value is -1.10. The van der Waals surface area contributed by atoms with Crippen LogP contribution in [0.15, 0.2) is 18.2 Å². The predicted octanol–water partition coefficient (Wildman–Crippen LogP) is 2.28. The van der Waals surface area contributed by atoms with Gasteiger partial charge in [0.05, 0.1) is 30.7 Å². The first-order chi connectivity index (χ1) is 11.1. The Bertz CT molecular complexity index is 662. The lowest BCUT2D eigenvalue weighted by atomic mass is 9.87. The van der Waals surface area contributed by atoms with E-state index in [1.807, 2.05) is 18.2 Å². The summed E-state index contributed by atoms with van der Waals surface area (Å²) >= 11 is 6.13. The molecule has 0 bridgehead atoms. The van der Waals surface area contributed by atoms with Crippen molar-refractivity contribution in [3.63, 3.8) is 0 Å². The molecule has 1 saturated carbocycles. The number of hydrogen-bond acceptors (Lipinski definition) is 2. The molecule has 5 heteroatoms. The first-order valence-electron chi connectivity index (χ1n) is 8.66. The Morgan fingerprint density at radius 2 is 2.04 bits per heavy atom. The van der Waals surface area contributed by atoms with Crippen LogP contribution >= 0.6 is 11.6 Å². The third kappa shape index (κ3) is 3.70. The number of aliphatic hydroxyl groups excluding tert-OH is 1. The van der Waals surface area contributed by atoms with Crippen LogP contribution in [0, 0.1) is 5.92 Å². The number of nitrogens with one attached hydrogen (secondary N) is 1. The fourth-order valence-corrected chi connectivity index (χ4v) is 3.94. The molecule has 2 aromatic rings. The fourth-order valence-electron chi connectivity index (χ4n) is 3.78. The molecule has 1 aromatic heterocycles. The molecule has 23 heavy (non-hydrogen) atoms. The monoisotopic (exact) mass is 336 g/mol. The summed E-state index contributed by atoms with van der Waals surface area (Å²) in [7, 11) is 2.27. The number of nitrogens with zero attached hydrogens (tertiary/aromatic N) is 2. The van der Waals surface area contributed by atoms with Crippen molar-refractivity contribution >= 4 is 22.6 Å². The maximum atomic E-state index is 9.41. The summed E-state index contributed by atoms with van der Waals surface area (Å²) in [6, 6.07) is 6.51. The zero-order valence-electron chi connectivity index (χ0n) is 14.1. The molecule has 126 valence electrons. The van der Waals surface area contributed by atoms with Crippen LogP contribution in [-0.2, 0) is 13.1 Å². The van der Waals surface area contributed by atoms with E-state index in [1.165, 1.54) is 30.6 Å². The molecule has 1 aliphatic rings. The van der Waals surface area contributed by atoms with Gasteiger partial charge in [-0.1, -0.05) is 18.5 Å². The summed E-state index contributed by atoms with van der Waals surface area (Å²) in [5, 5.41) is 10.1. The Labute approximate surface area is 143 Å². The van der Waals surface area contributed by atoms with Gasteiger partial charge in [-0.2, -0.15) is 0 Å². The van der Waals surface area contributed by atoms with E-state index < -0.39 is 0 Å². The number of aliphatic hydroxyl groups is 1. The van der Waals surface area contributed by atoms with Gasteiger partial charge in [0, 0.05) is 11.6 Å². The van der Waals surface area contributed by atoms with Crippen LogP contribution in [0.3, 0.4) is 0 Å². The molecule has 1 aliphatic carbocycles. The molecule has 2 N–H and O–H groups in total. The van der Waals surface area contributed by atoms with Crippen molar-refractivity contribution in [3.05, 3.63) is 29.0 Å². The molecule has 4 nitrogen and oxygen atoms in total. The first-order valence-corrected chi connectivity index (χ1v) is 9.04. The number of rotatable bonds is 5. The minimum absolute atomic E-state index is 0.116. The van der Waals surface area contributed by atoms with Gasteiger partial charge in [0.2, 0.25) is 0 Å². The lowest BCUT2D eigenvalue weighted by Crippen LogP contribution is -3.12. The maximum absolute atomic E-state index is 9.41. The van der Waals surface area contributed by atoms with Crippen LogP contribution in [0.1, 0.15) is 38.4 Å². The molecular weight excluding hydrogens is 310 g/mol. The van der Waals surface area contributed by atoms with Gasteiger partial charge in [0.25, 0.3) is 0 Å². The minimum atomic E-state index is 0.116. The standard InChI is InChI=1S/C18H26ClN3O/c1-13-3-6-15(7-4-13)21(2)12-18-20-16-8-5-14(19)11-17(16)22(18)9-10-23/h5,8,11,13,15,23H,3-4,6-7,9-10,12H2,1-2H3/p+1. The minimum Gasteiger partial charge on any atom is -0.395 e. The van der Waals surface area contributed by atoms with Crippen LogP contribution in [-0.4, -0.2) is 34.4 Å². The summed E-state index contributed by atoms with van der Waals surface area (Å²) in [4.78, 5) is 6.32. The number of aromatic nitrogens is 2. The molecule has 0 aliphatic heterocycles. The summed E-state index contributed by atoms with van der Waals surface area (Å²) in [5.74, 6) is 1.92. The molecule has 1 fully saturated rings. The van der Waals surface area contributed by atoms with Gasteiger partial charge in [-0.3, -0.25) is 0 Å². The Morgan fingerprint density at radius 3 is 2.74 bits per heavy atom. The van der Waals surface area contributed by atoms with Gasteiger partial charge in [-0.25, -0.2) is 4.98 Å². The van der Waals surface area contributed by atoms with Gasteiger partial charge in [0.1, 0.15) is 6.54 Å². The molecule has 0 saturated heterocycles. The maximum Gasteiger partial charge on any atom is 0.165 e. The average Bonchev–Trinajstić information content (AvgIpc) is 2.85. The third-order valence-electron chi connectivity index (χ3n) is 5.26. The zero-order chi connectivity index (χ0) is 16.4. The predicted molar refractivity (Wildman–Crippen MR) is 93.8 cm³/mol. The second-order valence-corrected chi connectivity index (χ2v) is 7.45. The molecule has 0 amide bonds. The number of quaternary nitrogens is 1. The van der Waals surface area contributed by atoms with Crippen molar-refractivity contribution in [2.75, 3.05) is 13.7 Å². The quantitative estimate of drug-likeness (QED) is 0.879. The highest BCUT2D eigenvalue weighted by molar-refractivity contribution is 6.31. The highest BCUT2D eigenvalue weighted by atomic mass is 35.5. The number of imidazole rings is 1. The van der Waals surface area contributed by atoms with Crippen molar-refractivity contribution in [2.45, 2.75) is 51.7 Å². The average molecular weight is 337 g/mol. The van der Waals surface area contributed by atoms with E-state index in [-0.39, 0.29) is 6.61 Å². The Morgan fingerprint density at radius 1 is 1.30 bits per heavy atom. The number of hydrogen-bond donors (Lipinski definition) is 2. The number of fused-ring (bicyclic) bond motifs is 1. The first kappa shape index (κ1) is 16.7. The van der Waals surface area contributed by atoms with E-state index >= 15 is 0 Å². The third-order valence-corrected chi connectivity index (χ3v) is 5.50. The van der Waals surface area contributed by atoms with Crippen LogP contribution in [0.5, 0.6) is 0 Å². The molecule has 0 spiro atoms. The second kappa shape index (κ2) is 7.20. The van der Waals surface area contributed by atoms with Gasteiger partial charge in [-0.05, 0) is 49.8 Å². The van der Waals surface area contributed by atoms with E-state index in [0.29, 0.717) is 11.6 Å². The van der Waals surface area contributed by atoms with E-state index in [2.05, 4.69) is 18.5 Å². The lowest BCUT2D eigenvalue weighted by molar-refractivity contribution is -0.921. The summed E-state index contributed by atoms with van der Waals surface area (Å²) in [5.41, 5.74) is 1.98. The van der Waals surface area contributed by atoms with Crippen molar-refractivity contribution < 1.29 is 10.0 Å². The highest BCUT2D eigenvalue weighted by Gasteiger charge is 2.26. The largest absolute Gasteiger partial charge is 0.395 e. The number of benzene rings is 1. The van der Waals surface area contributed by atoms with Crippen molar-refractivity contribution in [3.8, 4) is 0 Å². The Balaban J connectivity index is 1.82. The second-order valence-electron chi connectivity index (χ2n) is 7.02. The van der Waals surface area contributed by atoms with E-state index in [9.17, 15) is 5.11 Å².